The summed E-state index contributed by atoms with van der Waals surface area (Å²) in [6.45, 7) is 5.79. The van der Waals surface area contributed by atoms with Gasteiger partial charge in [-0.25, -0.2) is 4.79 Å². The summed E-state index contributed by atoms with van der Waals surface area (Å²) in [5.74, 6) is 0.478. The third-order valence-corrected chi connectivity index (χ3v) is 4.48. The van der Waals surface area contributed by atoms with E-state index in [0.717, 1.165) is 5.56 Å². The number of hydroxylamine groups is 1. The lowest BCUT2D eigenvalue weighted by atomic mass is 9.89. The van der Waals surface area contributed by atoms with Crippen molar-refractivity contribution in [3.63, 3.8) is 0 Å². The van der Waals surface area contributed by atoms with E-state index in [1.165, 1.54) is 0 Å². The van der Waals surface area contributed by atoms with Crippen LogP contribution < -0.4 is 15.5 Å². The molecule has 2 amide bonds. The summed E-state index contributed by atoms with van der Waals surface area (Å²) in [6.07, 6.45) is 0.461. The maximum absolute atomic E-state index is 12.5. The van der Waals surface area contributed by atoms with Gasteiger partial charge in [0.05, 0.1) is 6.10 Å². The Morgan fingerprint density at radius 3 is 2.47 bits per heavy atom. The molecule has 0 saturated heterocycles. The quantitative estimate of drug-likeness (QED) is 0.672. The van der Waals surface area contributed by atoms with Crippen LogP contribution in [0.4, 0.5) is 4.79 Å². The average molecular weight is 412 g/mol. The zero-order valence-electron chi connectivity index (χ0n) is 17.5. The molecule has 0 unspecified atom stereocenters. The molecule has 3 rings (SSSR count). The van der Waals surface area contributed by atoms with Crippen LogP contribution in [-0.4, -0.2) is 29.7 Å². The number of ether oxygens (including phenoxy) is 2. The summed E-state index contributed by atoms with van der Waals surface area (Å²) in [5, 5.41) is 2.97. The number of carbonyl (C=O) groups is 2. The second-order valence-electron chi connectivity index (χ2n) is 8.29. The van der Waals surface area contributed by atoms with Crippen molar-refractivity contribution >= 4 is 12.0 Å². The molecule has 1 aliphatic rings. The van der Waals surface area contributed by atoms with Crippen LogP contribution in [0.15, 0.2) is 54.6 Å². The maximum atomic E-state index is 12.5. The normalized spacial score (nSPS) is 18.1. The zero-order chi connectivity index (χ0) is 21.6. The topological polar surface area (TPSA) is 85.9 Å². The number of amides is 2. The highest BCUT2D eigenvalue weighted by molar-refractivity contribution is 5.94. The number of hydrogen-bond donors (Lipinski definition) is 2. The van der Waals surface area contributed by atoms with Crippen LogP contribution >= 0.6 is 0 Å². The first-order valence-electron chi connectivity index (χ1n) is 10.0. The molecule has 1 aliphatic carbocycles. The van der Waals surface area contributed by atoms with E-state index in [0.29, 0.717) is 30.8 Å². The predicted octanol–water partition coefficient (Wildman–Crippen LogP) is 3.98. The van der Waals surface area contributed by atoms with E-state index in [9.17, 15) is 9.59 Å². The van der Waals surface area contributed by atoms with Crippen molar-refractivity contribution < 1.29 is 23.9 Å². The second kappa shape index (κ2) is 9.63. The van der Waals surface area contributed by atoms with Crippen LogP contribution in [0.1, 0.15) is 49.5 Å². The van der Waals surface area contributed by atoms with E-state index in [-0.39, 0.29) is 18.1 Å². The van der Waals surface area contributed by atoms with Crippen LogP contribution in [0.3, 0.4) is 0 Å². The number of hydrogen-bond acceptors (Lipinski definition) is 5. The molecule has 0 atom stereocenters. The molecule has 30 heavy (non-hydrogen) atoms. The number of carbonyl (C=O) groups excluding carboxylic acids is 2. The third kappa shape index (κ3) is 6.77. The molecule has 0 heterocycles. The van der Waals surface area contributed by atoms with Gasteiger partial charge in [0.25, 0.3) is 5.91 Å². The first-order chi connectivity index (χ1) is 14.3. The van der Waals surface area contributed by atoms with E-state index in [1.54, 1.807) is 39.0 Å². The van der Waals surface area contributed by atoms with Crippen LogP contribution in [0, 0.1) is 0 Å². The Morgan fingerprint density at radius 2 is 1.77 bits per heavy atom. The number of nitrogens with one attached hydrogen (secondary N) is 2. The minimum Gasteiger partial charge on any atom is -0.489 e. The first-order valence-corrected chi connectivity index (χ1v) is 10.0. The van der Waals surface area contributed by atoms with E-state index < -0.39 is 11.7 Å². The van der Waals surface area contributed by atoms with Gasteiger partial charge in [-0.2, -0.15) is 5.48 Å². The van der Waals surface area contributed by atoms with Gasteiger partial charge in [-0.3, -0.25) is 9.63 Å². The standard InChI is InChI=1S/C23H28N2O5/c1-23(2,3)29-22(27)25-30-20-13-18(14-20)24-21(26)17-10-7-11-19(12-17)28-15-16-8-5-4-6-9-16/h4-12,18,20H,13-15H2,1-3H3,(H,24,26)(H,25,27). The Morgan fingerprint density at radius 1 is 1.03 bits per heavy atom. The van der Waals surface area contributed by atoms with Crippen LogP contribution in [0.5, 0.6) is 5.75 Å². The third-order valence-electron chi connectivity index (χ3n) is 4.48. The fourth-order valence-corrected chi connectivity index (χ4v) is 2.95. The Balaban J connectivity index is 1.40. The zero-order valence-corrected chi connectivity index (χ0v) is 17.5. The van der Waals surface area contributed by atoms with Crippen molar-refractivity contribution in [3.05, 3.63) is 65.7 Å². The van der Waals surface area contributed by atoms with Gasteiger partial charge in [0.1, 0.15) is 18.0 Å². The van der Waals surface area contributed by atoms with Crippen LogP contribution in [-0.2, 0) is 16.2 Å². The van der Waals surface area contributed by atoms with E-state index in [2.05, 4.69) is 10.8 Å². The summed E-state index contributed by atoms with van der Waals surface area (Å²) in [4.78, 5) is 29.4. The predicted molar refractivity (Wildman–Crippen MR) is 112 cm³/mol. The largest absolute Gasteiger partial charge is 0.489 e. The lowest BCUT2D eigenvalue weighted by molar-refractivity contribution is -0.0784. The highest BCUT2D eigenvalue weighted by atomic mass is 16.7. The highest BCUT2D eigenvalue weighted by Crippen LogP contribution is 2.23. The molecular formula is C23H28N2O5. The van der Waals surface area contributed by atoms with Gasteiger partial charge in [0.15, 0.2) is 0 Å². The van der Waals surface area contributed by atoms with Crippen LogP contribution in [0.2, 0.25) is 0 Å². The molecule has 0 aliphatic heterocycles. The molecule has 1 saturated carbocycles. The molecule has 2 aromatic carbocycles. The minimum absolute atomic E-state index is 0.00294. The van der Waals surface area contributed by atoms with Crippen molar-refractivity contribution in [1.82, 2.24) is 10.8 Å². The summed E-state index contributed by atoms with van der Waals surface area (Å²) < 4.78 is 10.9. The Bertz CT molecular complexity index is 857. The van der Waals surface area contributed by atoms with Crippen molar-refractivity contribution in [2.45, 2.75) is 58.0 Å². The molecule has 7 heteroatoms. The SMILES string of the molecule is CC(C)(C)OC(=O)NOC1CC(NC(=O)c2cccc(OCc3ccccc3)c2)C1. The summed E-state index contributed by atoms with van der Waals surface area (Å²) in [5.41, 5.74) is 3.31. The molecule has 0 spiro atoms. The maximum Gasteiger partial charge on any atom is 0.431 e. The van der Waals surface area contributed by atoms with Gasteiger partial charge >= 0.3 is 6.09 Å². The van der Waals surface area contributed by atoms with E-state index in [4.69, 9.17) is 14.3 Å². The average Bonchev–Trinajstić information content (AvgIpc) is 2.67. The van der Waals surface area contributed by atoms with Crippen molar-refractivity contribution in [1.29, 1.82) is 0 Å². The fourth-order valence-electron chi connectivity index (χ4n) is 2.95. The van der Waals surface area contributed by atoms with Gasteiger partial charge in [-0.05, 0) is 57.4 Å². The number of rotatable bonds is 7. The molecule has 0 radical (unpaired) electrons. The molecule has 7 nitrogen and oxygen atoms in total. The van der Waals surface area contributed by atoms with Crippen molar-refractivity contribution in [3.8, 4) is 5.75 Å². The van der Waals surface area contributed by atoms with Crippen molar-refractivity contribution in [2.24, 2.45) is 0 Å². The second-order valence-corrected chi connectivity index (χ2v) is 8.29. The lowest BCUT2D eigenvalue weighted by Crippen LogP contribution is -2.50. The Labute approximate surface area is 176 Å². The summed E-state index contributed by atoms with van der Waals surface area (Å²) in [6, 6.07) is 17.0. The van der Waals surface area contributed by atoms with Gasteiger partial charge < -0.3 is 14.8 Å². The molecule has 0 aromatic heterocycles. The van der Waals surface area contributed by atoms with Gasteiger partial charge in [-0.1, -0.05) is 36.4 Å². The molecule has 2 aromatic rings. The number of benzene rings is 2. The molecular weight excluding hydrogens is 384 g/mol. The van der Waals surface area contributed by atoms with Crippen molar-refractivity contribution in [2.75, 3.05) is 0 Å². The van der Waals surface area contributed by atoms with Gasteiger partial charge in [-0.15, -0.1) is 0 Å². The smallest absolute Gasteiger partial charge is 0.431 e. The fraction of sp³-hybridized carbons (Fsp3) is 0.391. The molecule has 0 bridgehead atoms. The first kappa shape index (κ1) is 21.6. The van der Waals surface area contributed by atoms with E-state index >= 15 is 0 Å². The molecule has 160 valence electrons. The molecule has 2 N–H and O–H groups in total. The Kier molecular flexibility index (Phi) is 6.95. The lowest BCUT2D eigenvalue weighted by Gasteiger charge is -2.35. The molecule has 1 fully saturated rings. The summed E-state index contributed by atoms with van der Waals surface area (Å²) >= 11 is 0. The van der Waals surface area contributed by atoms with E-state index in [1.807, 2.05) is 36.4 Å². The summed E-state index contributed by atoms with van der Waals surface area (Å²) in [7, 11) is 0. The van der Waals surface area contributed by atoms with Gasteiger partial charge in [0.2, 0.25) is 0 Å². The Hall–Kier alpha value is -3.06. The van der Waals surface area contributed by atoms with Gasteiger partial charge in [0, 0.05) is 11.6 Å². The van der Waals surface area contributed by atoms with Crippen LogP contribution in [0.25, 0.3) is 0 Å². The monoisotopic (exact) mass is 412 g/mol. The highest BCUT2D eigenvalue weighted by Gasteiger charge is 2.32. The minimum atomic E-state index is -0.623.